The van der Waals surface area contributed by atoms with Crippen molar-refractivity contribution in [1.29, 1.82) is 0 Å². The lowest BCUT2D eigenvalue weighted by Gasteiger charge is -2.41. The van der Waals surface area contributed by atoms with Crippen LogP contribution in [0.1, 0.15) is 46.0 Å². The summed E-state index contributed by atoms with van der Waals surface area (Å²) in [6.07, 6.45) is 4.15. The largest absolute Gasteiger partial charge is 0.463 e. The van der Waals surface area contributed by atoms with E-state index < -0.39 is 0 Å². The summed E-state index contributed by atoms with van der Waals surface area (Å²) in [7, 11) is 0. The van der Waals surface area contributed by atoms with Crippen molar-refractivity contribution in [2.24, 2.45) is 23.7 Å². The van der Waals surface area contributed by atoms with Gasteiger partial charge in [0.15, 0.2) is 0 Å². The molecule has 6 unspecified atom stereocenters. The monoisotopic (exact) mass is 354 g/mol. The van der Waals surface area contributed by atoms with Gasteiger partial charge in [0.2, 0.25) is 0 Å². The molecule has 0 radical (unpaired) electrons. The maximum absolute atomic E-state index is 12.2. The fraction of sp³-hybridized carbons (Fsp3) is 0.895. The summed E-state index contributed by atoms with van der Waals surface area (Å²) < 4.78 is 20.8. The lowest BCUT2D eigenvalue weighted by Crippen LogP contribution is -2.36. The van der Waals surface area contributed by atoms with Gasteiger partial charge in [-0.25, -0.2) is 0 Å². The molecule has 142 valence electrons. The van der Waals surface area contributed by atoms with E-state index in [1.54, 1.807) is 0 Å². The smallest absolute Gasteiger partial charge is 0.306 e. The van der Waals surface area contributed by atoms with Gasteiger partial charge in [-0.2, -0.15) is 0 Å². The standard InChI is InChI=1S/C19H30O6/c1-3-13-4-5-14(6-18(20)24-10-15-8-22-15)17(12(13)2)7-19(21)25-11-16-9-23-16/h12-17H,3-11H2,1-2H3. The Morgan fingerprint density at radius 1 is 0.920 bits per heavy atom. The highest BCUT2D eigenvalue weighted by atomic mass is 16.6. The Labute approximate surface area is 149 Å². The fourth-order valence-corrected chi connectivity index (χ4v) is 4.09. The fourth-order valence-electron chi connectivity index (χ4n) is 4.09. The van der Waals surface area contributed by atoms with Gasteiger partial charge in [0, 0.05) is 12.8 Å². The van der Waals surface area contributed by atoms with Crippen LogP contribution in [-0.2, 0) is 28.5 Å². The van der Waals surface area contributed by atoms with E-state index in [0.29, 0.717) is 51.1 Å². The third-order valence-electron chi connectivity index (χ3n) is 5.95. The molecule has 0 aromatic heterocycles. The Morgan fingerprint density at radius 2 is 1.44 bits per heavy atom. The first-order chi connectivity index (χ1) is 12.1. The van der Waals surface area contributed by atoms with Crippen LogP contribution in [0.2, 0.25) is 0 Å². The summed E-state index contributed by atoms with van der Waals surface area (Å²) in [6, 6.07) is 0. The van der Waals surface area contributed by atoms with Crippen molar-refractivity contribution in [2.45, 2.75) is 58.2 Å². The Morgan fingerprint density at radius 3 is 1.96 bits per heavy atom. The van der Waals surface area contributed by atoms with Crippen LogP contribution in [0, 0.1) is 23.7 Å². The van der Waals surface area contributed by atoms with Crippen molar-refractivity contribution in [1.82, 2.24) is 0 Å². The number of rotatable bonds is 9. The van der Waals surface area contributed by atoms with Crippen molar-refractivity contribution in [2.75, 3.05) is 26.4 Å². The van der Waals surface area contributed by atoms with Crippen LogP contribution in [0.4, 0.5) is 0 Å². The maximum atomic E-state index is 12.2. The molecule has 0 aromatic carbocycles. The summed E-state index contributed by atoms with van der Waals surface area (Å²) in [5, 5.41) is 0. The molecule has 3 fully saturated rings. The molecule has 3 aliphatic rings. The third-order valence-corrected chi connectivity index (χ3v) is 5.95. The zero-order valence-electron chi connectivity index (χ0n) is 15.3. The summed E-state index contributed by atoms with van der Waals surface area (Å²) in [5.41, 5.74) is 0. The van der Waals surface area contributed by atoms with E-state index in [0.717, 1.165) is 19.3 Å². The first-order valence-corrected chi connectivity index (χ1v) is 9.61. The highest BCUT2D eigenvalue weighted by Crippen LogP contribution is 2.43. The first-order valence-electron chi connectivity index (χ1n) is 9.61. The number of hydrogen-bond acceptors (Lipinski definition) is 6. The SMILES string of the molecule is CCC1CCC(CC(=O)OCC2CO2)C(CC(=O)OCC2CO2)C1C. The van der Waals surface area contributed by atoms with Crippen LogP contribution < -0.4 is 0 Å². The molecule has 3 rings (SSSR count). The molecule has 6 nitrogen and oxygen atoms in total. The molecule has 6 heteroatoms. The molecule has 2 saturated heterocycles. The topological polar surface area (TPSA) is 77.7 Å². The van der Waals surface area contributed by atoms with Crippen LogP contribution in [0.15, 0.2) is 0 Å². The van der Waals surface area contributed by atoms with Gasteiger partial charge >= 0.3 is 11.9 Å². The van der Waals surface area contributed by atoms with Gasteiger partial charge in [-0.3, -0.25) is 9.59 Å². The number of carbonyl (C=O) groups is 2. The van der Waals surface area contributed by atoms with Gasteiger partial charge in [-0.05, 0) is 36.5 Å². The quantitative estimate of drug-likeness (QED) is 0.467. The molecule has 0 spiro atoms. The molecule has 0 N–H and O–H groups in total. The molecule has 0 bridgehead atoms. The van der Waals surface area contributed by atoms with Crippen molar-refractivity contribution in [3.63, 3.8) is 0 Å². The van der Waals surface area contributed by atoms with Gasteiger partial charge in [0.05, 0.1) is 13.2 Å². The van der Waals surface area contributed by atoms with E-state index in [-0.39, 0.29) is 36.0 Å². The van der Waals surface area contributed by atoms with Crippen molar-refractivity contribution in [3.05, 3.63) is 0 Å². The predicted octanol–water partition coefficient (Wildman–Crippen LogP) is 2.34. The van der Waals surface area contributed by atoms with Crippen LogP contribution >= 0.6 is 0 Å². The molecule has 2 aliphatic heterocycles. The second kappa shape index (κ2) is 8.49. The number of epoxide rings is 2. The average molecular weight is 354 g/mol. The first kappa shape index (κ1) is 18.6. The second-order valence-corrected chi connectivity index (χ2v) is 7.71. The number of hydrogen-bond donors (Lipinski definition) is 0. The summed E-state index contributed by atoms with van der Waals surface area (Å²) in [6.45, 7) is 6.49. The minimum absolute atomic E-state index is 0.0894. The van der Waals surface area contributed by atoms with E-state index in [4.69, 9.17) is 18.9 Å². The van der Waals surface area contributed by atoms with E-state index in [1.165, 1.54) is 0 Å². The summed E-state index contributed by atoms with van der Waals surface area (Å²) in [5.74, 6) is 1.04. The van der Waals surface area contributed by atoms with Crippen LogP contribution in [0.5, 0.6) is 0 Å². The maximum Gasteiger partial charge on any atom is 0.306 e. The van der Waals surface area contributed by atoms with Gasteiger partial charge in [-0.15, -0.1) is 0 Å². The third kappa shape index (κ3) is 5.68. The van der Waals surface area contributed by atoms with Crippen molar-refractivity contribution < 1.29 is 28.5 Å². The van der Waals surface area contributed by atoms with Gasteiger partial charge in [0.1, 0.15) is 25.4 Å². The Bertz CT molecular complexity index is 471. The summed E-state index contributed by atoms with van der Waals surface area (Å²) in [4.78, 5) is 24.4. The van der Waals surface area contributed by atoms with Gasteiger partial charge in [-0.1, -0.05) is 20.3 Å². The van der Waals surface area contributed by atoms with Gasteiger partial charge < -0.3 is 18.9 Å². The highest BCUT2D eigenvalue weighted by Gasteiger charge is 2.39. The number of esters is 2. The molecular formula is C19H30O6. The molecular weight excluding hydrogens is 324 g/mol. The van der Waals surface area contributed by atoms with E-state index in [9.17, 15) is 9.59 Å². The Balaban J connectivity index is 1.52. The lowest BCUT2D eigenvalue weighted by molar-refractivity contribution is -0.151. The number of carbonyl (C=O) groups excluding carboxylic acids is 2. The van der Waals surface area contributed by atoms with Crippen LogP contribution in [0.3, 0.4) is 0 Å². The highest BCUT2D eigenvalue weighted by molar-refractivity contribution is 5.71. The minimum atomic E-state index is -0.174. The minimum Gasteiger partial charge on any atom is -0.463 e. The van der Waals surface area contributed by atoms with E-state index in [1.807, 2.05) is 0 Å². The Kier molecular flexibility index (Phi) is 6.34. The normalized spacial score (nSPS) is 36.6. The second-order valence-electron chi connectivity index (χ2n) is 7.71. The summed E-state index contributed by atoms with van der Waals surface area (Å²) >= 11 is 0. The molecule has 1 aliphatic carbocycles. The zero-order chi connectivity index (χ0) is 17.8. The van der Waals surface area contributed by atoms with Crippen LogP contribution in [-0.4, -0.2) is 50.6 Å². The predicted molar refractivity (Wildman–Crippen MR) is 89.8 cm³/mol. The van der Waals surface area contributed by atoms with Gasteiger partial charge in [0.25, 0.3) is 0 Å². The molecule has 25 heavy (non-hydrogen) atoms. The molecule has 0 aromatic rings. The molecule has 6 atom stereocenters. The van der Waals surface area contributed by atoms with Crippen LogP contribution in [0.25, 0.3) is 0 Å². The van der Waals surface area contributed by atoms with Crippen molar-refractivity contribution in [3.8, 4) is 0 Å². The van der Waals surface area contributed by atoms with E-state index >= 15 is 0 Å². The molecule has 1 saturated carbocycles. The van der Waals surface area contributed by atoms with Crippen molar-refractivity contribution >= 4 is 11.9 Å². The number of ether oxygens (including phenoxy) is 4. The Hall–Kier alpha value is -1.14. The molecule has 0 amide bonds. The van der Waals surface area contributed by atoms with E-state index in [2.05, 4.69) is 13.8 Å². The zero-order valence-corrected chi connectivity index (χ0v) is 15.3. The lowest BCUT2D eigenvalue weighted by atomic mass is 9.64. The average Bonchev–Trinajstić information content (AvgIpc) is 3.48. The molecule has 2 heterocycles.